The summed E-state index contributed by atoms with van der Waals surface area (Å²) in [6.07, 6.45) is 1.05. The van der Waals surface area contributed by atoms with Crippen molar-refractivity contribution >= 4 is 7.60 Å². The lowest BCUT2D eigenvalue weighted by Crippen LogP contribution is -2.48. The third kappa shape index (κ3) is 3.32. The minimum absolute atomic E-state index is 0.0646. The summed E-state index contributed by atoms with van der Waals surface area (Å²) in [6, 6.07) is 15.3. The molecule has 4 rings (SSSR count). The summed E-state index contributed by atoms with van der Waals surface area (Å²) in [5.74, 6) is 0.116. The highest BCUT2D eigenvalue weighted by molar-refractivity contribution is 7.54. The first-order chi connectivity index (χ1) is 13.1. The molecule has 1 fully saturated rings. The molecule has 6 nitrogen and oxygen atoms in total. The van der Waals surface area contributed by atoms with E-state index in [0.717, 1.165) is 30.8 Å². The first-order valence-corrected chi connectivity index (χ1v) is 10.9. The number of hydrogen-bond donors (Lipinski definition) is 0. The summed E-state index contributed by atoms with van der Waals surface area (Å²) in [7, 11) is -0.469. The maximum absolute atomic E-state index is 13.4. The summed E-state index contributed by atoms with van der Waals surface area (Å²) >= 11 is 0. The molecule has 2 bridgehead atoms. The summed E-state index contributed by atoms with van der Waals surface area (Å²) in [6.45, 7) is 2.18. The topological polar surface area (TPSA) is 60.8 Å². The molecule has 3 atom stereocenters. The van der Waals surface area contributed by atoms with Crippen LogP contribution in [0.4, 0.5) is 0 Å². The monoisotopic (exact) mass is 388 g/mol. The number of likely N-dealkylation sites (tertiary alicyclic amines) is 1. The SMILES string of the molecule is COP(=O)(OC)[C@H](c1ccccc1)N1C[C@@H]2C[C@H](C1)c1cccc(=O)n1C2. The van der Waals surface area contributed by atoms with Crippen LogP contribution in [0.1, 0.15) is 29.4 Å². The smallest absolute Gasteiger partial charge is 0.312 e. The molecule has 2 aliphatic rings. The molecule has 1 aromatic carbocycles. The second-order valence-corrected chi connectivity index (χ2v) is 9.64. The highest BCUT2D eigenvalue weighted by Crippen LogP contribution is 2.62. The third-order valence-corrected chi connectivity index (χ3v) is 8.00. The van der Waals surface area contributed by atoms with Crippen molar-refractivity contribution < 1.29 is 13.6 Å². The van der Waals surface area contributed by atoms with Gasteiger partial charge in [0, 0.05) is 51.5 Å². The molecule has 0 radical (unpaired) electrons. The van der Waals surface area contributed by atoms with E-state index < -0.39 is 13.4 Å². The third-order valence-electron chi connectivity index (χ3n) is 5.76. The van der Waals surface area contributed by atoms with Crippen molar-refractivity contribution in [2.75, 3.05) is 27.3 Å². The number of nitrogens with zero attached hydrogens (tertiary/aromatic N) is 2. The van der Waals surface area contributed by atoms with Crippen molar-refractivity contribution in [3.05, 3.63) is 70.1 Å². The number of fused-ring (bicyclic) bond motifs is 4. The molecule has 2 aromatic rings. The van der Waals surface area contributed by atoms with Gasteiger partial charge >= 0.3 is 7.60 Å². The Morgan fingerprint density at radius 1 is 1.00 bits per heavy atom. The van der Waals surface area contributed by atoms with Crippen LogP contribution in [0.25, 0.3) is 0 Å². The Labute approximate surface area is 159 Å². The molecule has 0 unspecified atom stereocenters. The Bertz CT molecular complexity index is 906. The standard InChI is InChI=1S/C20H25N2O4P/c1-25-27(24,26-2)20(16-7-4-3-5-8-16)21-12-15-11-17(14-21)18-9-6-10-19(23)22(18)13-15/h3-10,15,17,20H,11-14H2,1-2H3/t15-,17+,20+/m0/s1. The van der Waals surface area contributed by atoms with E-state index in [1.165, 1.54) is 14.2 Å². The number of benzene rings is 1. The maximum Gasteiger partial charge on any atom is 0.351 e. The van der Waals surface area contributed by atoms with Gasteiger partial charge in [-0.1, -0.05) is 36.4 Å². The second-order valence-electron chi connectivity index (χ2n) is 7.34. The molecule has 0 N–H and O–H groups in total. The zero-order valence-corrected chi connectivity index (χ0v) is 16.5. The van der Waals surface area contributed by atoms with Gasteiger partial charge in [-0.2, -0.15) is 0 Å². The molecular formula is C20H25N2O4P. The predicted molar refractivity (Wildman–Crippen MR) is 104 cm³/mol. The van der Waals surface area contributed by atoms with E-state index in [0.29, 0.717) is 12.5 Å². The predicted octanol–water partition coefficient (Wildman–Crippen LogP) is 3.45. The molecular weight excluding hydrogens is 363 g/mol. The zero-order chi connectivity index (χ0) is 19.0. The molecule has 1 aromatic heterocycles. The number of aromatic nitrogens is 1. The van der Waals surface area contributed by atoms with Gasteiger partial charge in [-0.05, 0) is 24.0 Å². The second kappa shape index (κ2) is 7.36. The largest absolute Gasteiger partial charge is 0.351 e. The minimum atomic E-state index is -3.36. The summed E-state index contributed by atoms with van der Waals surface area (Å²) in [5, 5.41) is 0. The van der Waals surface area contributed by atoms with E-state index in [2.05, 4.69) is 4.90 Å². The molecule has 2 aliphatic heterocycles. The highest BCUT2D eigenvalue weighted by Gasteiger charge is 2.45. The van der Waals surface area contributed by atoms with Gasteiger partial charge < -0.3 is 13.6 Å². The Balaban J connectivity index is 1.73. The van der Waals surface area contributed by atoms with Crippen molar-refractivity contribution in [3.8, 4) is 0 Å². The van der Waals surface area contributed by atoms with Gasteiger partial charge in [-0.3, -0.25) is 14.3 Å². The Morgan fingerprint density at radius 2 is 1.74 bits per heavy atom. The fraction of sp³-hybridized carbons (Fsp3) is 0.450. The van der Waals surface area contributed by atoms with Crippen molar-refractivity contribution in [3.63, 3.8) is 0 Å². The zero-order valence-electron chi connectivity index (χ0n) is 15.7. The lowest BCUT2D eigenvalue weighted by Gasteiger charge is -2.46. The van der Waals surface area contributed by atoms with Crippen molar-refractivity contribution in [2.24, 2.45) is 5.92 Å². The Kier molecular flexibility index (Phi) is 5.08. The van der Waals surface area contributed by atoms with E-state index in [-0.39, 0.29) is 11.5 Å². The van der Waals surface area contributed by atoms with Gasteiger partial charge in [0.2, 0.25) is 0 Å². The molecule has 144 valence electrons. The van der Waals surface area contributed by atoms with E-state index in [1.54, 1.807) is 6.07 Å². The Hall–Kier alpha value is -1.72. The summed E-state index contributed by atoms with van der Waals surface area (Å²) in [5.41, 5.74) is 2.06. The van der Waals surface area contributed by atoms with Crippen LogP contribution in [0.5, 0.6) is 0 Å². The fourth-order valence-electron chi connectivity index (χ4n) is 4.63. The first-order valence-electron chi connectivity index (χ1n) is 9.25. The van der Waals surface area contributed by atoms with Crippen LogP contribution in [0.15, 0.2) is 53.3 Å². The Morgan fingerprint density at radius 3 is 2.44 bits per heavy atom. The van der Waals surface area contributed by atoms with Crippen LogP contribution in [0.3, 0.4) is 0 Å². The van der Waals surface area contributed by atoms with Gasteiger partial charge in [-0.15, -0.1) is 0 Å². The van der Waals surface area contributed by atoms with E-state index in [9.17, 15) is 9.36 Å². The molecule has 0 saturated carbocycles. The van der Waals surface area contributed by atoms with Gasteiger partial charge in [0.1, 0.15) is 5.78 Å². The summed E-state index contributed by atoms with van der Waals surface area (Å²) < 4.78 is 26.1. The fourth-order valence-corrected chi connectivity index (χ4v) is 6.30. The number of hydrogen-bond acceptors (Lipinski definition) is 5. The van der Waals surface area contributed by atoms with Crippen LogP contribution >= 0.6 is 7.60 Å². The number of piperidine rings is 1. The van der Waals surface area contributed by atoms with Crippen molar-refractivity contribution in [1.29, 1.82) is 0 Å². The van der Waals surface area contributed by atoms with Gasteiger partial charge in [0.15, 0.2) is 0 Å². The van der Waals surface area contributed by atoms with Gasteiger partial charge in [0.05, 0.1) is 0 Å². The molecule has 1 saturated heterocycles. The first kappa shape index (κ1) is 18.6. The minimum Gasteiger partial charge on any atom is -0.312 e. The number of pyridine rings is 1. The van der Waals surface area contributed by atoms with Crippen LogP contribution in [0, 0.1) is 5.92 Å². The van der Waals surface area contributed by atoms with E-state index >= 15 is 0 Å². The van der Waals surface area contributed by atoms with Gasteiger partial charge in [-0.25, -0.2) is 0 Å². The number of rotatable bonds is 5. The van der Waals surface area contributed by atoms with Crippen LogP contribution < -0.4 is 5.56 Å². The average Bonchev–Trinajstić information content (AvgIpc) is 2.69. The lowest BCUT2D eigenvalue weighted by molar-refractivity contribution is 0.0927. The van der Waals surface area contributed by atoms with Crippen molar-refractivity contribution in [1.82, 2.24) is 9.47 Å². The molecule has 27 heavy (non-hydrogen) atoms. The van der Waals surface area contributed by atoms with Gasteiger partial charge in [0.25, 0.3) is 5.56 Å². The molecule has 7 heteroatoms. The molecule has 0 spiro atoms. The lowest BCUT2D eigenvalue weighted by atomic mass is 9.83. The van der Waals surface area contributed by atoms with E-state index in [4.69, 9.17) is 9.05 Å². The molecule has 3 heterocycles. The van der Waals surface area contributed by atoms with Crippen LogP contribution in [-0.4, -0.2) is 36.8 Å². The molecule has 0 amide bonds. The normalized spacial score (nSPS) is 23.6. The summed E-state index contributed by atoms with van der Waals surface area (Å²) in [4.78, 5) is 14.5. The highest BCUT2D eigenvalue weighted by atomic mass is 31.2. The average molecular weight is 388 g/mol. The quantitative estimate of drug-likeness (QED) is 0.735. The van der Waals surface area contributed by atoms with E-state index in [1.807, 2.05) is 47.0 Å². The van der Waals surface area contributed by atoms with Crippen LogP contribution in [0.2, 0.25) is 0 Å². The molecule has 0 aliphatic carbocycles. The van der Waals surface area contributed by atoms with Crippen molar-refractivity contribution in [2.45, 2.75) is 24.7 Å². The van der Waals surface area contributed by atoms with Crippen LogP contribution in [-0.2, 0) is 20.2 Å². The maximum atomic E-state index is 13.4.